The van der Waals surface area contributed by atoms with Crippen molar-refractivity contribution < 1.29 is 9.53 Å². The monoisotopic (exact) mass is 317 g/mol. The second kappa shape index (κ2) is 7.69. The highest BCUT2D eigenvalue weighted by atomic mass is 16.5. The molecule has 1 N–H and O–H groups in total. The Morgan fingerprint density at radius 2 is 1.71 bits per heavy atom. The van der Waals surface area contributed by atoms with Gasteiger partial charge in [0.15, 0.2) is 0 Å². The Hall–Kier alpha value is -3.47. The van der Waals surface area contributed by atoms with Crippen LogP contribution in [-0.2, 0) is 0 Å². The lowest BCUT2D eigenvalue weighted by molar-refractivity contribution is 0.0955. The molecule has 0 radical (unpaired) electrons. The molecule has 1 heterocycles. The standard InChI is InChI=1S/C19H15N3O2/c23-19(16-5-4-12-20-14-16)22-21-13-15-8-10-18(11-9-15)24-17-6-2-1-3-7-17/h1-14H,(H,22,23)/b21-13-. The van der Waals surface area contributed by atoms with Gasteiger partial charge in [0.25, 0.3) is 5.91 Å². The number of nitrogens with zero attached hydrogens (tertiary/aromatic N) is 2. The second-order valence-corrected chi connectivity index (χ2v) is 4.92. The topological polar surface area (TPSA) is 63.6 Å². The molecular weight excluding hydrogens is 302 g/mol. The molecule has 0 aliphatic carbocycles. The number of pyridine rings is 1. The third kappa shape index (κ3) is 4.27. The maximum atomic E-state index is 11.8. The number of ether oxygens (including phenoxy) is 1. The normalized spacial score (nSPS) is 10.5. The Bertz CT molecular complexity index is 816. The number of carbonyl (C=O) groups is 1. The number of nitrogens with one attached hydrogen (secondary N) is 1. The number of benzene rings is 2. The van der Waals surface area contributed by atoms with Crippen molar-refractivity contribution in [2.75, 3.05) is 0 Å². The minimum Gasteiger partial charge on any atom is -0.457 e. The number of carbonyl (C=O) groups excluding carboxylic acids is 1. The zero-order valence-corrected chi connectivity index (χ0v) is 12.8. The van der Waals surface area contributed by atoms with Crippen molar-refractivity contribution in [3.8, 4) is 11.5 Å². The van der Waals surface area contributed by atoms with E-state index in [2.05, 4.69) is 15.5 Å². The van der Waals surface area contributed by atoms with Crippen molar-refractivity contribution in [3.63, 3.8) is 0 Å². The van der Waals surface area contributed by atoms with Crippen LogP contribution >= 0.6 is 0 Å². The molecule has 118 valence electrons. The van der Waals surface area contributed by atoms with Gasteiger partial charge in [-0.05, 0) is 54.1 Å². The molecule has 3 rings (SSSR count). The van der Waals surface area contributed by atoms with Crippen LogP contribution in [0.4, 0.5) is 0 Å². The van der Waals surface area contributed by atoms with Crippen molar-refractivity contribution in [1.82, 2.24) is 10.4 Å². The van der Waals surface area contributed by atoms with E-state index < -0.39 is 0 Å². The second-order valence-electron chi connectivity index (χ2n) is 4.92. The Balaban J connectivity index is 1.57. The quantitative estimate of drug-likeness (QED) is 0.577. The minimum absolute atomic E-state index is 0.302. The van der Waals surface area contributed by atoms with Crippen molar-refractivity contribution >= 4 is 12.1 Å². The first-order valence-electron chi connectivity index (χ1n) is 7.38. The molecule has 0 saturated heterocycles. The SMILES string of the molecule is O=C(N/N=C\c1ccc(Oc2ccccc2)cc1)c1cccnc1. The Labute approximate surface area is 139 Å². The highest BCUT2D eigenvalue weighted by molar-refractivity contribution is 5.94. The summed E-state index contributed by atoms with van der Waals surface area (Å²) in [4.78, 5) is 15.7. The van der Waals surface area contributed by atoms with Gasteiger partial charge in [-0.25, -0.2) is 5.43 Å². The van der Waals surface area contributed by atoms with Crippen molar-refractivity contribution in [3.05, 3.63) is 90.3 Å². The Morgan fingerprint density at radius 1 is 0.958 bits per heavy atom. The van der Waals surface area contributed by atoms with Gasteiger partial charge in [-0.15, -0.1) is 0 Å². The molecule has 0 unspecified atom stereocenters. The molecular formula is C19H15N3O2. The summed E-state index contributed by atoms with van der Waals surface area (Å²) < 4.78 is 5.71. The van der Waals surface area contributed by atoms with Gasteiger partial charge < -0.3 is 4.74 Å². The first kappa shape index (κ1) is 15.4. The van der Waals surface area contributed by atoms with Crippen LogP contribution in [0.25, 0.3) is 0 Å². The Kier molecular flexibility index (Phi) is 4.94. The lowest BCUT2D eigenvalue weighted by Crippen LogP contribution is -2.17. The fraction of sp³-hybridized carbons (Fsp3) is 0. The minimum atomic E-state index is -0.302. The average molecular weight is 317 g/mol. The summed E-state index contributed by atoms with van der Waals surface area (Å²) in [6.45, 7) is 0. The predicted octanol–water partition coefficient (Wildman–Crippen LogP) is 3.64. The van der Waals surface area contributed by atoms with Crippen LogP contribution in [0.1, 0.15) is 15.9 Å². The highest BCUT2D eigenvalue weighted by Crippen LogP contribution is 2.20. The molecule has 3 aromatic rings. The first-order valence-corrected chi connectivity index (χ1v) is 7.38. The summed E-state index contributed by atoms with van der Waals surface area (Å²) in [5.41, 5.74) is 3.77. The molecule has 0 saturated carbocycles. The van der Waals surface area contributed by atoms with Gasteiger partial charge in [0, 0.05) is 12.4 Å². The predicted molar refractivity (Wildman–Crippen MR) is 92.3 cm³/mol. The van der Waals surface area contributed by atoms with Gasteiger partial charge in [-0.3, -0.25) is 9.78 Å². The van der Waals surface area contributed by atoms with Gasteiger partial charge >= 0.3 is 0 Å². The molecule has 0 fully saturated rings. The summed E-state index contributed by atoms with van der Waals surface area (Å²) in [7, 11) is 0. The van der Waals surface area contributed by atoms with E-state index in [0.717, 1.165) is 17.1 Å². The van der Waals surface area contributed by atoms with Crippen molar-refractivity contribution in [1.29, 1.82) is 0 Å². The van der Waals surface area contributed by atoms with E-state index in [9.17, 15) is 4.79 Å². The number of para-hydroxylation sites is 1. The maximum Gasteiger partial charge on any atom is 0.272 e. The van der Waals surface area contributed by atoms with Gasteiger partial charge in [-0.2, -0.15) is 5.10 Å². The molecule has 0 bridgehead atoms. The van der Waals surface area contributed by atoms with E-state index in [0.29, 0.717) is 5.56 Å². The summed E-state index contributed by atoms with van der Waals surface area (Å²) in [5.74, 6) is 1.21. The summed E-state index contributed by atoms with van der Waals surface area (Å²) >= 11 is 0. The zero-order chi connectivity index (χ0) is 16.6. The summed E-state index contributed by atoms with van der Waals surface area (Å²) in [6, 6.07) is 20.3. The highest BCUT2D eigenvalue weighted by Gasteiger charge is 2.02. The average Bonchev–Trinajstić information content (AvgIpc) is 2.65. The number of amides is 1. The number of hydrazone groups is 1. The largest absolute Gasteiger partial charge is 0.457 e. The number of hydrogen-bond donors (Lipinski definition) is 1. The first-order chi connectivity index (χ1) is 11.8. The van der Waals surface area contributed by atoms with Crippen LogP contribution < -0.4 is 10.2 Å². The lowest BCUT2D eigenvalue weighted by Gasteiger charge is -2.05. The van der Waals surface area contributed by atoms with Crippen LogP contribution in [0.2, 0.25) is 0 Å². The van der Waals surface area contributed by atoms with Crippen molar-refractivity contribution in [2.24, 2.45) is 5.10 Å². The molecule has 2 aromatic carbocycles. The van der Waals surface area contributed by atoms with Gasteiger partial charge in [0.1, 0.15) is 11.5 Å². The molecule has 1 amide bonds. The van der Waals surface area contributed by atoms with Crippen LogP contribution in [-0.4, -0.2) is 17.1 Å². The number of hydrogen-bond acceptors (Lipinski definition) is 4. The Morgan fingerprint density at radius 3 is 2.42 bits per heavy atom. The summed E-state index contributed by atoms with van der Waals surface area (Å²) in [6.07, 6.45) is 4.67. The fourth-order valence-electron chi connectivity index (χ4n) is 1.97. The van der Waals surface area contributed by atoms with Crippen LogP contribution in [0.3, 0.4) is 0 Å². The molecule has 0 aliphatic heterocycles. The van der Waals surface area contributed by atoms with Crippen LogP contribution in [0.5, 0.6) is 11.5 Å². The van der Waals surface area contributed by atoms with E-state index in [1.807, 2.05) is 54.6 Å². The smallest absolute Gasteiger partial charge is 0.272 e. The number of rotatable bonds is 5. The van der Waals surface area contributed by atoms with E-state index in [-0.39, 0.29) is 5.91 Å². The third-order valence-electron chi connectivity index (χ3n) is 3.16. The fourth-order valence-corrected chi connectivity index (χ4v) is 1.97. The van der Waals surface area contributed by atoms with Gasteiger partial charge in [-0.1, -0.05) is 18.2 Å². The lowest BCUT2D eigenvalue weighted by atomic mass is 10.2. The van der Waals surface area contributed by atoms with Gasteiger partial charge in [0.2, 0.25) is 0 Å². The van der Waals surface area contributed by atoms with E-state index in [1.165, 1.54) is 6.20 Å². The van der Waals surface area contributed by atoms with E-state index >= 15 is 0 Å². The van der Waals surface area contributed by atoms with Crippen molar-refractivity contribution in [2.45, 2.75) is 0 Å². The van der Waals surface area contributed by atoms with E-state index in [1.54, 1.807) is 24.5 Å². The molecule has 0 atom stereocenters. The molecule has 5 heteroatoms. The molecule has 5 nitrogen and oxygen atoms in total. The molecule has 0 spiro atoms. The molecule has 1 aromatic heterocycles. The van der Waals surface area contributed by atoms with E-state index in [4.69, 9.17) is 4.74 Å². The number of aromatic nitrogens is 1. The van der Waals surface area contributed by atoms with Crippen LogP contribution in [0, 0.1) is 0 Å². The third-order valence-corrected chi connectivity index (χ3v) is 3.16. The summed E-state index contributed by atoms with van der Waals surface area (Å²) in [5, 5.41) is 3.94. The molecule has 0 aliphatic rings. The molecule has 24 heavy (non-hydrogen) atoms. The zero-order valence-electron chi connectivity index (χ0n) is 12.8. The van der Waals surface area contributed by atoms with Gasteiger partial charge in [0.05, 0.1) is 11.8 Å². The van der Waals surface area contributed by atoms with Crippen LogP contribution in [0.15, 0.2) is 84.2 Å². The maximum absolute atomic E-state index is 11.8.